The minimum Gasteiger partial charge on any atom is -0.452 e. The monoisotopic (exact) mass is 383 g/mol. The van der Waals surface area contributed by atoms with Gasteiger partial charge in [0.2, 0.25) is 5.91 Å². The zero-order valence-electron chi connectivity index (χ0n) is 15.9. The number of amides is 2. The number of hydrogen-bond donors (Lipinski definition) is 1. The summed E-state index contributed by atoms with van der Waals surface area (Å²) >= 11 is 0. The van der Waals surface area contributed by atoms with Crippen LogP contribution in [0.25, 0.3) is 0 Å². The average Bonchev–Trinajstić information content (AvgIpc) is 2.72. The van der Waals surface area contributed by atoms with Crippen molar-refractivity contribution in [3.05, 3.63) is 29.8 Å². The van der Waals surface area contributed by atoms with Gasteiger partial charge < -0.3 is 15.0 Å². The van der Waals surface area contributed by atoms with Gasteiger partial charge in [-0.05, 0) is 48.9 Å². The first kappa shape index (κ1) is 19.9. The number of carbonyl (C=O) groups excluding carboxylic acids is 3. The Morgan fingerprint density at radius 2 is 1.82 bits per heavy atom. The Morgan fingerprint density at radius 1 is 1.11 bits per heavy atom. The highest BCUT2D eigenvalue weighted by atomic mass is 16.5. The summed E-state index contributed by atoms with van der Waals surface area (Å²) in [6.45, 7) is 1.27. The van der Waals surface area contributed by atoms with Crippen LogP contribution in [0.15, 0.2) is 24.3 Å². The molecule has 2 atom stereocenters. The van der Waals surface area contributed by atoms with Gasteiger partial charge in [0.25, 0.3) is 5.91 Å². The first-order valence-electron chi connectivity index (χ1n) is 9.78. The van der Waals surface area contributed by atoms with Crippen LogP contribution in [0, 0.1) is 23.2 Å². The summed E-state index contributed by atoms with van der Waals surface area (Å²) in [5.41, 5.74) is 0.792. The highest BCUT2D eigenvalue weighted by Gasteiger charge is 2.33. The first-order chi connectivity index (χ1) is 13.6. The van der Waals surface area contributed by atoms with E-state index >= 15 is 0 Å². The quantitative estimate of drug-likeness (QED) is 0.788. The van der Waals surface area contributed by atoms with Gasteiger partial charge in [0.1, 0.15) is 6.42 Å². The SMILES string of the molecule is N#CCC(=O)Nc1ccc(C(=O)OCC(=O)N2CC[C@H]3CCCC[C@H]3C2)cc1. The molecule has 28 heavy (non-hydrogen) atoms. The summed E-state index contributed by atoms with van der Waals surface area (Å²) in [4.78, 5) is 37.8. The Labute approximate surface area is 164 Å². The van der Waals surface area contributed by atoms with Crippen LogP contribution in [0.1, 0.15) is 48.9 Å². The Hall–Kier alpha value is -2.88. The zero-order valence-corrected chi connectivity index (χ0v) is 15.9. The summed E-state index contributed by atoms with van der Waals surface area (Å²) in [6.07, 6.45) is 5.81. The standard InChI is InChI=1S/C21H25N3O4/c22-11-9-19(25)23-18-7-5-16(6-8-18)21(27)28-14-20(26)24-12-10-15-3-1-2-4-17(15)13-24/h5-8,15,17H,1-4,9-10,12-14H2,(H,23,25)/t15-,17+/m1/s1. The topological polar surface area (TPSA) is 99.5 Å². The fourth-order valence-corrected chi connectivity index (χ4v) is 4.10. The Morgan fingerprint density at radius 3 is 2.54 bits per heavy atom. The van der Waals surface area contributed by atoms with Crippen molar-refractivity contribution in [3.8, 4) is 6.07 Å². The maximum atomic E-state index is 12.4. The second-order valence-corrected chi connectivity index (χ2v) is 7.47. The lowest BCUT2D eigenvalue weighted by molar-refractivity contribution is -0.137. The number of rotatable bonds is 5. The van der Waals surface area contributed by atoms with Crippen LogP contribution >= 0.6 is 0 Å². The molecule has 7 nitrogen and oxygen atoms in total. The van der Waals surface area contributed by atoms with E-state index in [4.69, 9.17) is 10.00 Å². The molecule has 1 aromatic carbocycles. The molecule has 2 aliphatic rings. The molecule has 2 fully saturated rings. The van der Waals surface area contributed by atoms with Gasteiger partial charge in [0, 0.05) is 18.8 Å². The lowest BCUT2D eigenvalue weighted by Crippen LogP contribution is -2.46. The van der Waals surface area contributed by atoms with Gasteiger partial charge in [-0.3, -0.25) is 9.59 Å². The van der Waals surface area contributed by atoms with Crippen molar-refractivity contribution in [1.82, 2.24) is 4.90 Å². The second kappa shape index (κ2) is 9.36. The van der Waals surface area contributed by atoms with Crippen molar-refractivity contribution < 1.29 is 19.1 Å². The van der Waals surface area contributed by atoms with E-state index < -0.39 is 11.9 Å². The maximum absolute atomic E-state index is 12.4. The van der Waals surface area contributed by atoms with Crippen molar-refractivity contribution in [2.24, 2.45) is 11.8 Å². The predicted octanol–water partition coefficient (Wildman–Crippen LogP) is 2.73. The number of benzene rings is 1. The Balaban J connectivity index is 1.46. The number of fused-ring (bicyclic) bond motifs is 1. The molecule has 0 bridgehead atoms. The van der Waals surface area contributed by atoms with Gasteiger partial charge in [-0.25, -0.2) is 4.79 Å². The third kappa shape index (κ3) is 5.10. The Kier molecular flexibility index (Phi) is 6.64. The van der Waals surface area contributed by atoms with Crippen LogP contribution < -0.4 is 5.32 Å². The highest BCUT2D eigenvalue weighted by Crippen LogP contribution is 2.36. The molecule has 0 spiro atoms. The Bertz CT molecular complexity index is 769. The molecule has 1 aliphatic heterocycles. The van der Waals surface area contributed by atoms with Crippen LogP contribution in [-0.4, -0.2) is 42.4 Å². The van der Waals surface area contributed by atoms with E-state index in [-0.39, 0.29) is 18.9 Å². The first-order valence-corrected chi connectivity index (χ1v) is 9.78. The summed E-state index contributed by atoms with van der Waals surface area (Å²) in [5, 5.41) is 11.0. The number of nitrogens with zero attached hydrogens (tertiary/aromatic N) is 2. The van der Waals surface area contributed by atoms with Crippen molar-refractivity contribution in [2.75, 3.05) is 25.0 Å². The maximum Gasteiger partial charge on any atom is 0.338 e. The second-order valence-electron chi connectivity index (χ2n) is 7.47. The minimum absolute atomic E-state index is 0.141. The van der Waals surface area contributed by atoms with Gasteiger partial charge in [-0.1, -0.05) is 19.3 Å². The van der Waals surface area contributed by atoms with Crippen molar-refractivity contribution >= 4 is 23.5 Å². The molecule has 3 rings (SSSR count). The molecule has 1 heterocycles. The number of carbonyl (C=O) groups is 3. The van der Waals surface area contributed by atoms with E-state index in [2.05, 4.69) is 5.32 Å². The predicted molar refractivity (Wildman–Crippen MR) is 102 cm³/mol. The molecular weight excluding hydrogens is 358 g/mol. The summed E-state index contributed by atoms with van der Waals surface area (Å²) < 4.78 is 5.18. The largest absolute Gasteiger partial charge is 0.452 e. The number of piperidine rings is 1. The van der Waals surface area contributed by atoms with E-state index in [0.29, 0.717) is 17.2 Å². The molecule has 2 amide bonds. The number of nitrogens with one attached hydrogen (secondary N) is 1. The summed E-state index contributed by atoms with van der Waals surface area (Å²) in [5.74, 6) is 0.206. The van der Waals surface area contributed by atoms with E-state index in [1.165, 1.54) is 37.8 Å². The number of esters is 1. The van der Waals surface area contributed by atoms with Gasteiger partial charge >= 0.3 is 5.97 Å². The third-order valence-corrected chi connectivity index (χ3v) is 5.61. The lowest BCUT2D eigenvalue weighted by Gasteiger charge is -2.41. The molecule has 0 aromatic heterocycles. The van der Waals surface area contributed by atoms with Gasteiger partial charge in [0.05, 0.1) is 11.6 Å². The van der Waals surface area contributed by atoms with Crippen LogP contribution in [0.4, 0.5) is 5.69 Å². The van der Waals surface area contributed by atoms with Gasteiger partial charge in [-0.2, -0.15) is 5.26 Å². The molecular formula is C21H25N3O4. The molecule has 1 N–H and O–H groups in total. The van der Waals surface area contributed by atoms with Crippen molar-refractivity contribution in [2.45, 2.75) is 38.5 Å². The molecule has 148 valence electrons. The van der Waals surface area contributed by atoms with Gasteiger partial charge in [0.15, 0.2) is 6.61 Å². The molecule has 1 aliphatic carbocycles. The smallest absolute Gasteiger partial charge is 0.338 e. The highest BCUT2D eigenvalue weighted by molar-refractivity contribution is 5.94. The fourth-order valence-electron chi connectivity index (χ4n) is 4.10. The molecule has 0 radical (unpaired) electrons. The van der Waals surface area contributed by atoms with Crippen LogP contribution in [0.5, 0.6) is 0 Å². The number of anilines is 1. The van der Waals surface area contributed by atoms with E-state index in [1.807, 2.05) is 4.90 Å². The zero-order chi connectivity index (χ0) is 19.9. The van der Waals surface area contributed by atoms with E-state index in [9.17, 15) is 14.4 Å². The third-order valence-electron chi connectivity index (χ3n) is 5.61. The van der Waals surface area contributed by atoms with Crippen molar-refractivity contribution in [1.29, 1.82) is 5.26 Å². The fraction of sp³-hybridized carbons (Fsp3) is 0.524. The van der Waals surface area contributed by atoms with Crippen LogP contribution in [0.3, 0.4) is 0 Å². The summed E-state index contributed by atoms with van der Waals surface area (Å²) in [6, 6.07) is 7.91. The molecule has 1 saturated carbocycles. The van der Waals surface area contributed by atoms with Crippen LogP contribution in [0.2, 0.25) is 0 Å². The normalized spacial score (nSPS) is 21.2. The van der Waals surface area contributed by atoms with Gasteiger partial charge in [-0.15, -0.1) is 0 Å². The van der Waals surface area contributed by atoms with Crippen LogP contribution in [-0.2, 0) is 14.3 Å². The van der Waals surface area contributed by atoms with Crippen molar-refractivity contribution in [3.63, 3.8) is 0 Å². The number of nitriles is 1. The average molecular weight is 383 g/mol. The summed E-state index contributed by atoms with van der Waals surface area (Å²) in [7, 11) is 0. The number of hydrogen-bond acceptors (Lipinski definition) is 5. The number of ether oxygens (including phenoxy) is 1. The molecule has 1 aromatic rings. The molecule has 7 heteroatoms. The minimum atomic E-state index is -0.573. The van der Waals surface area contributed by atoms with E-state index in [1.54, 1.807) is 18.2 Å². The number of likely N-dealkylation sites (tertiary alicyclic amines) is 1. The molecule has 1 saturated heterocycles. The molecule has 0 unspecified atom stereocenters. The van der Waals surface area contributed by atoms with E-state index in [0.717, 1.165) is 25.4 Å². The lowest BCUT2D eigenvalue weighted by atomic mass is 9.75.